The van der Waals surface area contributed by atoms with Crippen LogP contribution in [0.5, 0.6) is 11.5 Å². The van der Waals surface area contributed by atoms with Crippen molar-refractivity contribution in [3.63, 3.8) is 0 Å². The Labute approximate surface area is 188 Å². The van der Waals surface area contributed by atoms with Gasteiger partial charge in [-0.05, 0) is 29.7 Å². The first-order chi connectivity index (χ1) is 15.7. The maximum atomic E-state index is 13.1. The van der Waals surface area contributed by atoms with E-state index in [9.17, 15) is 9.90 Å². The molecule has 0 bridgehead atoms. The van der Waals surface area contributed by atoms with E-state index in [0.29, 0.717) is 50.0 Å². The van der Waals surface area contributed by atoms with Gasteiger partial charge in [-0.15, -0.1) is 0 Å². The molecule has 3 aliphatic heterocycles. The molecule has 0 saturated carbocycles. The van der Waals surface area contributed by atoms with Crippen molar-refractivity contribution in [3.8, 4) is 11.5 Å². The summed E-state index contributed by atoms with van der Waals surface area (Å²) in [5, 5.41) is 10.8. The van der Waals surface area contributed by atoms with E-state index in [1.807, 2.05) is 6.07 Å². The number of rotatable bonds is 6. The first-order valence-electron chi connectivity index (χ1n) is 11.4. The van der Waals surface area contributed by atoms with Gasteiger partial charge in [-0.3, -0.25) is 9.69 Å². The Kier molecular flexibility index (Phi) is 6.30. The zero-order valence-electron chi connectivity index (χ0n) is 18.2. The highest BCUT2D eigenvalue weighted by Gasteiger charge is 2.27. The molecule has 0 radical (unpaired) electrons. The van der Waals surface area contributed by atoms with Crippen molar-refractivity contribution in [3.05, 3.63) is 59.2 Å². The molecule has 2 atom stereocenters. The van der Waals surface area contributed by atoms with Gasteiger partial charge < -0.3 is 24.2 Å². The molecule has 1 saturated heterocycles. The van der Waals surface area contributed by atoms with Crippen LogP contribution in [0.25, 0.3) is 0 Å². The number of carbonyl (C=O) groups is 1. The Morgan fingerprint density at radius 3 is 2.81 bits per heavy atom. The SMILES string of the molecule is O=C1c2ccc(O[C@H]3CCOC3)cc2OCCN1C[C@H](O)CN1CCc2ccccc2C1. The number of aliphatic hydroxyl groups is 1. The number of β-amino-alcohol motifs (C(OH)–C–C–N with tert-alkyl or cyclic N) is 1. The summed E-state index contributed by atoms with van der Waals surface area (Å²) in [7, 11) is 0. The highest BCUT2D eigenvalue weighted by Crippen LogP contribution is 2.29. The average molecular weight is 439 g/mol. The van der Waals surface area contributed by atoms with Crippen LogP contribution in [0.1, 0.15) is 27.9 Å². The molecule has 0 spiro atoms. The molecule has 3 aliphatic rings. The average Bonchev–Trinajstić information content (AvgIpc) is 3.26. The Morgan fingerprint density at radius 2 is 1.97 bits per heavy atom. The van der Waals surface area contributed by atoms with Crippen LogP contribution in [-0.2, 0) is 17.7 Å². The van der Waals surface area contributed by atoms with E-state index in [4.69, 9.17) is 14.2 Å². The summed E-state index contributed by atoms with van der Waals surface area (Å²) in [6.07, 6.45) is 1.29. The molecule has 7 heteroatoms. The number of fused-ring (bicyclic) bond motifs is 2. The predicted molar refractivity (Wildman–Crippen MR) is 119 cm³/mol. The lowest BCUT2D eigenvalue weighted by atomic mass is 10.00. The van der Waals surface area contributed by atoms with Crippen LogP contribution in [0, 0.1) is 0 Å². The smallest absolute Gasteiger partial charge is 0.257 e. The molecule has 7 nitrogen and oxygen atoms in total. The predicted octanol–water partition coefficient (Wildman–Crippen LogP) is 2.11. The molecule has 32 heavy (non-hydrogen) atoms. The number of nitrogens with zero attached hydrogens (tertiary/aromatic N) is 2. The van der Waals surface area contributed by atoms with Gasteiger partial charge in [0.05, 0.1) is 31.4 Å². The molecule has 0 unspecified atom stereocenters. The van der Waals surface area contributed by atoms with Crippen LogP contribution in [0.3, 0.4) is 0 Å². The lowest BCUT2D eigenvalue weighted by Gasteiger charge is -2.32. The van der Waals surface area contributed by atoms with Gasteiger partial charge in [-0.25, -0.2) is 0 Å². The Bertz CT molecular complexity index is 959. The molecule has 1 fully saturated rings. The summed E-state index contributed by atoms with van der Waals surface area (Å²) >= 11 is 0. The molecule has 1 amide bonds. The first-order valence-corrected chi connectivity index (χ1v) is 11.4. The van der Waals surface area contributed by atoms with E-state index >= 15 is 0 Å². The Morgan fingerprint density at radius 1 is 1.09 bits per heavy atom. The van der Waals surface area contributed by atoms with E-state index in [0.717, 1.165) is 25.9 Å². The minimum Gasteiger partial charge on any atom is -0.491 e. The van der Waals surface area contributed by atoms with E-state index in [-0.39, 0.29) is 18.6 Å². The molecule has 5 rings (SSSR count). The van der Waals surface area contributed by atoms with Gasteiger partial charge in [-0.2, -0.15) is 0 Å². The van der Waals surface area contributed by atoms with Gasteiger partial charge in [0.15, 0.2) is 0 Å². The summed E-state index contributed by atoms with van der Waals surface area (Å²) in [6, 6.07) is 13.8. The van der Waals surface area contributed by atoms with Crippen LogP contribution in [0.2, 0.25) is 0 Å². The van der Waals surface area contributed by atoms with Gasteiger partial charge in [-0.1, -0.05) is 24.3 Å². The van der Waals surface area contributed by atoms with Gasteiger partial charge in [0.2, 0.25) is 0 Å². The number of benzene rings is 2. The molecular weight excluding hydrogens is 408 g/mol. The highest BCUT2D eigenvalue weighted by atomic mass is 16.5. The molecular formula is C25H30N2O5. The van der Waals surface area contributed by atoms with Crippen LogP contribution in [-0.4, -0.2) is 79.0 Å². The molecule has 170 valence electrons. The minimum atomic E-state index is -0.615. The second-order valence-corrected chi connectivity index (χ2v) is 8.77. The van der Waals surface area contributed by atoms with Crippen molar-refractivity contribution in [1.82, 2.24) is 9.80 Å². The normalized spacial score (nSPS) is 22.0. The van der Waals surface area contributed by atoms with E-state index in [1.165, 1.54) is 11.1 Å². The van der Waals surface area contributed by atoms with Crippen molar-refractivity contribution >= 4 is 5.91 Å². The van der Waals surface area contributed by atoms with E-state index in [2.05, 4.69) is 29.2 Å². The fraction of sp³-hybridized carbons (Fsp3) is 0.480. The molecule has 0 aliphatic carbocycles. The van der Waals surface area contributed by atoms with E-state index in [1.54, 1.807) is 17.0 Å². The van der Waals surface area contributed by atoms with Crippen molar-refractivity contribution < 1.29 is 24.1 Å². The second-order valence-electron chi connectivity index (χ2n) is 8.77. The quantitative estimate of drug-likeness (QED) is 0.745. The zero-order chi connectivity index (χ0) is 21.9. The third-order valence-corrected chi connectivity index (χ3v) is 6.39. The standard InChI is InChI=1S/C25H30N2O5/c28-20(15-26-9-7-18-3-1-2-4-19(18)14-26)16-27-10-12-31-24-13-21(5-6-23(24)25(27)29)32-22-8-11-30-17-22/h1-6,13,20,22,28H,7-12,14-17H2/t20-,22+/m1/s1. The van der Waals surface area contributed by atoms with Crippen molar-refractivity contribution in [1.29, 1.82) is 0 Å². The molecule has 2 aromatic rings. The van der Waals surface area contributed by atoms with Gasteiger partial charge in [0.1, 0.15) is 24.2 Å². The molecule has 3 heterocycles. The maximum absolute atomic E-state index is 13.1. The summed E-state index contributed by atoms with van der Waals surface area (Å²) in [5.74, 6) is 1.11. The summed E-state index contributed by atoms with van der Waals surface area (Å²) in [5.41, 5.74) is 3.22. The summed E-state index contributed by atoms with van der Waals surface area (Å²) in [4.78, 5) is 17.1. The second kappa shape index (κ2) is 9.48. The first kappa shape index (κ1) is 21.2. The van der Waals surface area contributed by atoms with Gasteiger partial charge >= 0.3 is 0 Å². The summed E-state index contributed by atoms with van der Waals surface area (Å²) in [6.45, 7) is 4.72. The number of hydrogen-bond acceptors (Lipinski definition) is 6. The fourth-order valence-corrected chi connectivity index (χ4v) is 4.70. The Balaban J connectivity index is 1.20. The summed E-state index contributed by atoms with van der Waals surface area (Å²) < 4.78 is 17.2. The third-order valence-electron chi connectivity index (χ3n) is 6.39. The van der Waals surface area contributed by atoms with Crippen molar-refractivity contribution in [2.75, 3.05) is 46.0 Å². The third kappa shape index (κ3) is 4.75. The maximum Gasteiger partial charge on any atom is 0.257 e. The van der Waals surface area contributed by atoms with Gasteiger partial charge in [0.25, 0.3) is 5.91 Å². The van der Waals surface area contributed by atoms with Crippen molar-refractivity contribution in [2.24, 2.45) is 0 Å². The van der Waals surface area contributed by atoms with Crippen molar-refractivity contribution in [2.45, 2.75) is 31.6 Å². The molecule has 0 aromatic heterocycles. The lowest BCUT2D eigenvalue weighted by Crippen LogP contribution is -2.44. The number of aliphatic hydroxyl groups excluding tert-OH is 1. The molecule has 1 N–H and O–H groups in total. The topological polar surface area (TPSA) is 71.5 Å². The largest absolute Gasteiger partial charge is 0.491 e. The van der Waals surface area contributed by atoms with E-state index < -0.39 is 6.10 Å². The lowest BCUT2D eigenvalue weighted by molar-refractivity contribution is 0.0501. The zero-order valence-corrected chi connectivity index (χ0v) is 18.2. The fourth-order valence-electron chi connectivity index (χ4n) is 4.70. The monoisotopic (exact) mass is 438 g/mol. The van der Waals surface area contributed by atoms with Gasteiger partial charge in [0, 0.05) is 38.7 Å². The van der Waals surface area contributed by atoms with Crippen LogP contribution in [0.15, 0.2) is 42.5 Å². The minimum absolute atomic E-state index is 0.0444. The number of ether oxygens (including phenoxy) is 3. The van der Waals surface area contributed by atoms with Crippen LogP contribution >= 0.6 is 0 Å². The van der Waals surface area contributed by atoms with Crippen LogP contribution in [0.4, 0.5) is 0 Å². The number of amides is 1. The number of carbonyl (C=O) groups excluding carboxylic acids is 1. The highest BCUT2D eigenvalue weighted by molar-refractivity contribution is 5.97. The van der Waals surface area contributed by atoms with Crippen LogP contribution < -0.4 is 9.47 Å². The Hall–Kier alpha value is -2.61. The number of hydrogen-bond donors (Lipinski definition) is 1. The molecule has 2 aromatic carbocycles.